The van der Waals surface area contributed by atoms with Crippen LogP contribution in [0.15, 0.2) is 53.3 Å². The first kappa shape index (κ1) is 19.9. The highest BCUT2D eigenvalue weighted by Gasteiger charge is 2.25. The average Bonchev–Trinajstić information content (AvgIpc) is 3.12. The number of benzene rings is 2. The second-order valence-corrected chi connectivity index (χ2v) is 6.81. The monoisotopic (exact) mass is 447 g/mol. The SMILES string of the molecule is COc1cc(C(=O)N[C@@H](c2ccccc2F)c2nccn2C)cc(OC)c1Br. The van der Waals surface area contributed by atoms with Gasteiger partial charge in [-0.3, -0.25) is 4.79 Å². The Morgan fingerprint density at radius 3 is 2.39 bits per heavy atom. The number of halogens is 2. The second kappa shape index (κ2) is 8.43. The Morgan fingerprint density at radius 2 is 1.86 bits per heavy atom. The highest BCUT2D eigenvalue weighted by molar-refractivity contribution is 9.10. The normalized spacial score (nSPS) is 11.8. The van der Waals surface area contributed by atoms with E-state index in [9.17, 15) is 9.18 Å². The molecule has 0 spiro atoms. The average molecular weight is 448 g/mol. The minimum atomic E-state index is -0.769. The van der Waals surface area contributed by atoms with E-state index in [2.05, 4.69) is 26.2 Å². The number of methoxy groups -OCH3 is 2. The molecule has 0 aliphatic rings. The van der Waals surface area contributed by atoms with Gasteiger partial charge in [0, 0.05) is 30.6 Å². The zero-order valence-corrected chi connectivity index (χ0v) is 17.2. The molecule has 3 rings (SSSR count). The highest BCUT2D eigenvalue weighted by atomic mass is 79.9. The van der Waals surface area contributed by atoms with Crippen LogP contribution in [0, 0.1) is 5.82 Å². The maximum absolute atomic E-state index is 14.5. The Labute approximate surface area is 170 Å². The van der Waals surface area contributed by atoms with Gasteiger partial charge in [-0.2, -0.15) is 0 Å². The van der Waals surface area contributed by atoms with Gasteiger partial charge in [-0.15, -0.1) is 0 Å². The molecule has 1 aromatic heterocycles. The first-order valence-electron chi connectivity index (χ1n) is 8.40. The summed E-state index contributed by atoms with van der Waals surface area (Å²) in [6, 6.07) is 8.68. The van der Waals surface area contributed by atoms with Crippen LogP contribution < -0.4 is 14.8 Å². The number of ether oxygens (including phenoxy) is 2. The molecule has 1 amide bonds. The molecule has 0 aliphatic carbocycles. The van der Waals surface area contributed by atoms with Crippen molar-refractivity contribution < 1.29 is 18.7 Å². The van der Waals surface area contributed by atoms with E-state index in [0.717, 1.165) is 0 Å². The molecule has 146 valence electrons. The lowest BCUT2D eigenvalue weighted by Gasteiger charge is -2.20. The van der Waals surface area contributed by atoms with E-state index in [0.29, 0.717) is 32.9 Å². The van der Waals surface area contributed by atoms with Crippen LogP contribution in [0.25, 0.3) is 0 Å². The van der Waals surface area contributed by atoms with E-state index in [-0.39, 0.29) is 0 Å². The van der Waals surface area contributed by atoms with Crippen LogP contribution in [0.1, 0.15) is 27.8 Å². The number of hydrogen-bond acceptors (Lipinski definition) is 4. The van der Waals surface area contributed by atoms with Crippen molar-refractivity contribution in [3.05, 3.63) is 76.0 Å². The van der Waals surface area contributed by atoms with Crippen LogP contribution >= 0.6 is 15.9 Å². The maximum atomic E-state index is 14.5. The van der Waals surface area contributed by atoms with E-state index in [1.807, 2.05) is 0 Å². The number of imidazole rings is 1. The molecular weight excluding hydrogens is 429 g/mol. The molecule has 0 saturated heterocycles. The minimum Gasteiger partial charge on any atom is -0.495 e. The predicted molar refractivity (Wildman–Crippen MR) is 106 cm³/mol. The third-order valence-corrected chi connectivity index (χ3v) is 5.10. The van der Waals surface area contributed by atoms with Gasteiger partial charge in [0.1, 0.15) is 33.7 Å². The Kier molecular flexibility index (Phi) is 5.99. The first-order chi connectivity index (χ1) is 13.5. The molecule has 28 heavy (non-hydrogen) atoms. The fourth-order valence-electron chi connectivity index (χ4n) is 2.86. The third-order valence-electron chi connectivity index (χ3n) is 4.32. The number of aromatic nitrogens is 2. The minimum absolute atomic E-state index is 0.312. The fourth-order valence-corrected chi connectivity index (χ4v) is 3.41. The van der Waals surface area contributed by atoms with Gasteiger partial charge in [0.25, 0.3) is 5.91 Å². The summed E-state index contributed by atoms with van der Waals surface area (Å²) in [4.78, 5) is 17.3. The Hall–Kier alpha value is -2.87. The summed E-state index contributed by atoms with van der Waals surface area (Å²) in [7, 11) is 4.78. The van der Waals surface area contributed by atoms with Crippen LogP contribution in [-0.2, 0) is 7.05 Å². The van der Waals surface area contributed by atoms with Gasteiger partial charge >= 0.3 is 0 Å². The Morgan fingerprint density at radius 1 is 1.21 bits per heavy atom. The molecule has 0 unspecified atom stereocenters. The van der Waals surface area contributed by atoms with E-state index in [1.165, 1.54) is 20.3 Å². The standard InChI is InChI=1S/C20H19BrFN3O3/c1-25-9-8-23-19(25)18(13-6-4-5-7-14(13)22)24-20(26)12-10-15(27-2)17(21)16(11-12)28-3/h4-11,18H,1-3H3,(H,24,26)/t18-/m0/s1. The molecule has 0 fully saturated rings. The van der Waals surface area contributed by atoms with Crippen LogP contribution in [0.4, 0.5) is 4.39 Å². The summed E-state index contributed by atoms with van der Waals surface area (Å²) in [6.07, 6.45) is 3.34. The topological polar surface area (TPSA) is 65.4 Å². The lowest BCUT2D eigenvalue weighted by molar-refractivity contribution is 0.0940. The van der Waals surface area contributed by atoms with E-state index < -0.39 is 17.8 Å². The second-order valence-electron chi connectivity index (χ2n) is 6.02. The van der Waals surface area contributed by atoms with Gasteiger partial charge in [0.15, 0.2) is 0 Å². The largest absolute Gasteiger partial charge is 0.495 e. The molecule has 6 nitrogen and oxygen atoms in total. The molecule has 1 N–H and O–H groups in total. The van der Waals surface area contributed by atoms with Crippen molar-refractivity contribution in [2.75, 3.05) is 14.2 Å². The molecule has 1 atom stereocenters. The third kappa shape index (κ3) is 3.87. The quantitative estimate of drug-likeness (QED) is 0.622. The van der Waals surface area contributed by atoms with Gasteiger partial charge in [-0.05, 0) is 34.1 Å². The fraction of sp³-hybridized carbons (Fsp3) is 0.200. The zero-order valence-electron chi connectivity index (χ0n) is 15.6. The summed E-state index contributed by atoms with van der Waals surface area (Å²) >= 11 is 3.38. The molecule has 0 aliphatic heterocycles. The summed E-state index contributed by atoms with van der Waals surface area (Å²) < 4.78 is 27.4. The van der Waals surface area contributed by atoms with E-state index in [1.54, 1.807) is 54.3 Å². The summed E-state index contributed by atoms with van der Waals surface area (Å²) in [5.74, 6) is 0.560. The van der Waals surface area contributed by atoms with E-state index in [4.69, 9.17) is 9.47 Å². The number of carbonyl (C=O) groups is 1. The summed E-state index contributed by atoms with van der Waals surface area (Å²) in [5.41, 5.74) is 0.633. The number of carbonyl (C=O) groups excluding carboxylic acids is 1. The van der Waals surface area contributed by atoms with Crippen molar-refractivity contribution in [1.82, 2.24) is 14.9 Å². The van der Waals surface area contributed by atoms with Crippen molar-refractivity contribution in [3.63, 3.8) is 0 Å². The van der Waals surface area contributed by atoms with Crippen molar-refractivity contribution >= 4 is 21.8 Å². The van der Waals surface area contributed by atoms with Crippen molar-refractivity contribution in [2.24, 2.45) is 7.05 Å². The van der Waals surface area contributed by atoms with Gasteiger partial charge in [0.05, 0.1) is 14.2 Å². The van der Waals surface area contributed by atoms with Crippen molar-refractivity contribution in [1.29, 1.82) is 0 Å². The van der Waals surface area contributed by atoms with Crippen LogP contribution in [0.5, 0.6) is 11.5 Å². The van der Waals surface area contributed by atoms with Crippen LogP contribution in [0.2, 0.25) is 0 Å². The van der Waals surface area contributed by atoms with Gasteiger partial charge in [-0.1, -0.05) is 18.2 Å². The highest BCUT2D eigenvalue weighted by Crippen LogP contribution is 2.36. The Balaban J connectivity index is 2.01. The first-order valence-corrected chi connectivity index (χ1v) is 9.19. The Bertz CT molecular complexity index is 981. The lowest BCUT2D eigenvalue weighted by Crippen LogP contribution is -2.31. The van der Waals surface area contributed by atoms with Crippen molar-refractivity contribution in [3.8, 4) is 11.5 Å². The van der Waals surface area contributed by atoms with Crippen LogP contribution in [0.3, 0.4) is 0 Å². The van der Waals surface area contributed by atoms with Gasteiger partial charge in [0.2, 0.25) is 0 Å². The van der Waals surface area contributed by atoms with E-state index >= 15 is 0 Å². The molecule has 0 radical (unpaired) electrons. The molecular formula is C20H19BrFN3O3. The smallest absolute Gasteiger partial charge is 0.252 e. The van der Waals surface area contributed by atoms with Crippen LogP contribution in [-0.4, -0.2) is 29.7 Å². The number of amides is 1. The molecule has 8 heteroatoms. The molecule has 2 aromatic carbocycles. The molecule has 0 bridgehead atoms. The number of hydrogen-bond donors (Lipinski definition) is 1. The zero-order chi connectivity index (χ0) is 20.3. The van der Waals surface area contributed by atoms with Gasteiger partial charge < -0.3 is 19.4 Å². The molecule has 3 aromatic rings. The van der Waals surface area contributed by atoms with Crippen molar-refractivity contribution in [2.45, 2.75) is 6.04 Å². The number of rotatable bonds is 6. The maximum Gasteiger partial charge on any atom is 0.252 e. The number of nitrogens with one attached hydrogen (secondary N) is 1. The molecule has 1 heterocycles. The summed E-state index contributed by atoms with van der Waals surface area (Å²) in [5, 5.41) is 2.87. The lowest BCUT2D eigenvalue weighted by atomic mass is 10.0. The predicted octanol–water partition coefficient (Wildman–Crippen LogP) is 3.86. The number of aryl methyl sites for hydroxylation is 1. The number of nitrogens with zero attached hydrogens (tertiary/aromatic N) is 2. The summed E-state index contributed by atoms with van der Waals surface area (Å²) in [6.45, 7) is 0. The van der Waals surface area contributed by atoms with Gasteiger partial charge in [-0.25, -0.2) is 9.37 Å². The molecule has 0 saturated carbocycles.